The van der Waals surface area contributed by atoms with Crippen LogP contribution in [0.4, 0.5) is 5.69 Å². The lowest BCUT2D eigenvalue weighted by molar-refractivity contribution is 0.180. The number of benzene rings is 1. The number of rotatable bonds is 3. The summed E-state index contributed by atoms with van der Waals surface area (Å²) in [4.78, 5) is 0. The van der Waals surface area contributed by atoms with Crippen LogP contribution in [-0.4, -0.2) is 6.04 Å². The van der Waals surface area contributed by atoms with Gasteiger partial charge in [-0.15, -0.1) is 0 Å². The standard InChI is InChI=1S/C19H28IN/c1-14-13-16(20)11-12-18(14)21-19-10-6-5-9-17(19)15-7-3-2-4-8-15/h11-13,15,17,19,21H,2-10H2,1H3. The monoisotopic (exact) mass is 397 g/mol. The zero-order chi connectivity index (χ0) is 14.7. The third-order valence-electron chi connectivity index (χ3n) is 5.60. The Morgan fingerprint density at radius 2 is 1.67 bits per heavy atom. The molecule has 0 aliphatic heterocycles. The van der Waals surface area contributed by atoms with E-state index in [1.807, 2.05) is 0 Å². The SMILES string of the molecule is Cc1cc(I)ccc1NC1CCCCC1C1CCCCC1. The Kier molecular flexibility index (Phi) is 5.47. The van der Waals surface area contributed by atoms with Crippen molar-refractivity contribution in [2.24, 2.45) is 11.8 Å². The lowest BCUT2D eigenvalue weighted by Crippen LogP contribution is -2.37. The van der Waals surface area contributed by atoms with Gasteiger partial charge in [-0.3, -0.25) is 0 Å². The summed E-state index contributed by atoms with van der Waals surface area (Å²) in [5, 5.41) is 3.92. The lowest BCUT2D eigenvalue weighted by Gasteiger charge is -2.40. The largest absolute Gasteiger partial charge is 0.382 e. The highest BCUT2D eigenvalue weighted by Gasteiger charge is 2.32. The highest BCUT2D eigenvalue weighted by molar-refractivity contribution is 14.1. The van der Waals surface area contributed by atoms with Gasteiger partial charge in [0.25, 0.3) is 0 Å². The zero-order valence-electron chi connectivity index (χ0n) is 13.2. The van der Waals surface area contributed by atoms with Crippen LogP contribution in [0.1, 0.15) is 63.4 Å². The van der Waals surface area contributed by atoms with E-state index in [4.69, 9.17) is 0 Å². The minimum absolute atomic E-state index is 0.709. The number of halogens is 1. The minimum atomic E-state index is 0.709. The Balaban J connectivity index is 1.71. The quantitative estimate of drug-likeness (QED) is 0.603. The maximum absolute atomic E-state index is 3.92. The average molecular weight is 397 g/mol. The summed E-state index contributed by atoms with van der Waals surface area (Å²) < 4.78 is 1.34. The molecule has 2 saturated carbocycles. The number of nitrogens with one attached hydrogen (secondary N) is 1. The molecule has 0 heterocycles. The first-order valence-electron chi connectivity index (χ1n) is 8.77. The van der Waals surface area contributed by atoms with Crippen molar-refractivity contribution >= 4 is 28.3 Å². The molecule has 116 valence electrons. The van der Waals surface area contributed by atoms with Gasteiger partial charge in [0.1, 0.15) is 0 Å². The predicted molar refractivity (Wildman–Crippen MR) is 99.8 cm³/mol. The van der Waals surface area contributed by atoms with E-state index in [0.717, 1.165) is 11.8 Å². The summed E-state index contributed by atoms with van der Waals surface area (Å²) >= 11 is 2.40. The van der Waals surface area contributed by atoms with E-state index in [0.29, 0.717) is 6.04 Å². The van der Waals surface area contributed by atoms with Crippen molar-refractivity contribution in [2.45, 2.75) is 70.8 Å². The second-order valence-electron chi connectivity index (χ2n) is 7.06. The molecular formula is C19H28IN. The summed E-state index contributed by atoms with van der Waals surface area (Å²) in [5.41, 5.74) is 2.76. The van der Waals surface area contributed by atoms with Gasteiger partial charge in [0.05, 0.1) is 0 Å². The minimum Gasteiger partial charge on any atom is -0.382 e. The molecule has 21 heavy (non-hydrogen) atoms. The smallest absolute Gasteiger partial charge is 0.0372 e. The van der Waals surface area contributed by atoms with Crippen LogP contribution in [0.5, 0.6) is 0 Å². The first-order chi connectivity index (χ1) is 10.2. The van der Waals surface area contributed by atoms with Gasteiger partial charge in [-0.2, -0.15) is 0 Å². The van der Waals surface area contributed by atoms with Crippen molar-refractivity contribution in [3.63, 3.8) is 0 Å². The normalized spacial score (nSPS) is 27.5. The fourth-order valence-corrected chi connectivity index (χ4v) is 5.10. The van der Waals surface area contributed by atoms with Gasteiger partial charge in [0.15, 0.2) is 0 Å². The molecule has 1 aromatic carbocycles. The molecule has 0 spiro atoms. The predicted octanol–water partition coefficient (Wildman–Crippen LogP) is 6.15. The Morgan fingerprint density at radius 1 is 0.952 bits per heavy atom. The van der Waals surface area contributed by atoms with Gasteiger partial charge in [0.2, 0.25) is 0 Å². The molecule has 2 heteroatoms. The van der Waals surface area contributed by atoms with Gasteiger partial charge in [-0.1, -0.05) is 44.9 Å². The molecule has 2 unspecified atom stereocenters. The summed E-state index contributed by atoms with van der Waals surface area (Å²) in [7, 11) is 0. The molecule has 0 amide bonds. The van der Waals surface area contributed by atoms with Crippen LogP contribution in [0.3, 0.4) is 0 Å². The Labute approximate surface area is 143 Å². The molecular weight excluding hydrogens is 369 g/mol. The van der Waals surface area contributed by atoms with E-state index in [1.165, 1.54) is 72.6 Å². The number of hydrogen-bond donors (Lipinski definition) is 1. The molecule has 1 nitrogen and oxygen atoms in total. The van der Waals surface area contributed by atoms with E-state index >= 15 is 0 Å². The summed E-state index contributed by atoms with van der Waals surface area (Å²) in [6.07, 6.45) is 13.0. The molecule has 1 N–H and O–H groups in total. The van der Waals surface area contributed by atoms with Crippen LogP contribution in [0.15, 0.2) is 18.2 Å². The van der Waals surface area contributed by atoms with Crippen LogP contribution >= 0.6 is 22.6 Å². The van der Waals surface area contributed by atoms with Crippen LogP contribution in [0.25, 0.3) is 0 Å². The van der Waals surface area contributed by atoms with Gasteiger partial charge in [-0.25, -0.2) is 0 Å². The summed E-state index contributed by atoms with van der Waals surface area (Å²) in [6, 6.07) is 7.51. The maximum Gasteiger partial charge on any atom is 0.0372 e. The average Bonchev–Trinajstić information content (AvgIpc) is 2.51. The molecule has 2 aliphatic rings. The van der Waals surface area contributed by atoms with Gasteiger partial charge < -0.3 is 5.32 Å². The molecule has 0 saturated heterocycles. The lowest BCUT2D eigenvalue weighted by atomic mass is 9.71. The Morgan fingerprint density at radius 3 is 2.43 bits per heavy atom. The molecule has 1 aromatic rings. The number of anilines is 1. The third-order valence-corrected chi connectivity index (χ3v) is 6.28. The zero-order valence-corrected chi connectivity index (χ0v) is 15.4. The van der Waals surface area contributed by atoms with Crippen molar-refractivity contribution in [1.29, 1.82) is 0 Å². The van der Waals surface area contributed by atoms with Crippen LogP contribution in [-0.2, 0) is 0 Å². The highest BCUT2D eigenvalue weighted by Crippen LogP contribution is 2.39. The van der Waals surface area contributed by atoms with Crippen molar-refractivity contribution in [2.75, 3.05) is 5.32 Å². The second-order valence-corrected chi connectivity index (χ2v) is 8.30. The first kappa shape index (κ1) is 15.6. The topological polar surface area (TPSA) is 12.0 Å². The fourth-order valence-electron chi connectivity index (χ4n) is 4.45. The molecule has 2 atom stereocenters. The summed E-state index contributed by atoms with van der Waals surface area (Å²) in [5.74, 6) is 1.90. The van der Waals surface area contributed by atoms with Crippen molar-refractivity contribution < 1.29 is 0 Å². The highest BCUT2D eigenvalue weighted by atomic mass is 127. The Bertz CT molecular complexity index is 465. The van der Waals surface area contributed by atoms with E-state index in [-0.39, 0.29) is 0 Å². The third kappa shape index (κ3) is 3.94. The Hall–Kier alpha value is -0.250. The van der Waals surface area contributed by atoms with Gasteiger partial charge >= 0.3 is 0 Å². The first-order valence-corrected chi connectivity index (χ1v) is 9.84. The molecule has 0 aromatic heterocycles. The molecule has 0 bridgehead atoms. The van der Waals surface area contributed by atoms with E-state index in [9.17, 15) is 0 Å². The number of aryl methyl sites for hydroxylation is 1. The van der Waals surface area contributed by atoms with Crippen LogP contribution < -0.4 is 5.32 Å². The molecule has 3 rings (SSSR count). The van der Waals surface area contributed by atoms with Crippen molar-refractivity contribution in [3.8, 4) is 0 Å². The van der Waals surface area contributed by atoms with E-state index < -0.39 is 0 Å². The maximum atomic E-state index is 3.92. The second kappa shape index (κ2) is 7.34. The van der Waals surface area contributed by atoms with Gasteiger partial charge in [-0.05, 0) is 78.0 Å². The van der Waals surface area contributed by atoms with Crippen LogP contribution in [0.2, 0.25) is 0 Å². The fraction of sp³-hybridized carbons (Fsp3) is 0.684. The summed E-state index contributed by atoms with van der Waals surface area (Å²) in [6.45, 7) is 2.24. The molecule has 0 radical (unpaired) electrons. The van der Waals surface area contributed by atoms with Crippen molar-refractivity contribution in [3.05, 3.63) is 27.3 Å². The number of hydrogen-bond acceptors (Lipinski definition) is 1. The van der Waals surface area contributed by atoms with E-state index in [1.54, 1.807) is 0 Å². The van der Waals surface area contributed by atoms with Crippen molar-refractivity contribution in [1.82, 2.24) is 0 Å². The van der Waals surface area contributed by atoms with Gasteiger partial charge in [0, 0.05) is 15.3 Å². The van der Waals surface area contributed by atoms with Crippen LogP contribution in [0, 0.1) is 22.3 Å². The molecule has 2 fully saturated rings. The molecule has 2 aliphatic carbocycles. The van der Waals surface area contributed by atoms with E-state index in [2.05, 4.69) is 53.0 Å².